The van der Waals surface area contributed by atoms with Gasteiger partial charge in [-0.15, -0.1) is 0 Å². The molecule has 0 bridgehead atoms. The molecule has 0 radical (unpaired) electrons. The largest absolute Gasteiger partial charge is 0.466 e. The average Bonchev–Trinajstić information content (AvgIpc) is 2.50. The lowest BCUT2D eigenvalue weighted by Crippen LogP contribution is -2.51. The number of rotatable bonds is 11. The summed E-state index contributed by atoms with van der Waals surface area (Å²) in [6.07, 6.45) is -0.368. The summed E-state index contributed by atoms with van der Waals surface area (Å²) < 4.78 is 18.0. The Hall–Kier alpha value is -0.216. The molecule has 0 rings (SSSR count). The number of hydrogen-bond donors (Lipinski definition) is 1. The summed E-state index contributed by atoms with van der Waals surface area (Å²) in [6, 6.07) is 0. The van der Waals surface area contributed by atoms with Crippen LogP contribution in [0.15, 0.2) is 0 Å². The Kier molecular flexibility index (Phi) is 10.1. The van der Waals surface area contributed by atoms with Crippen molar-refractivity contribution in [3.05, 3.63) is 0 Å². The fraction of sp³-hybridized carbons (Fsp3) is 0.952. The molecule has 0 aliphatic heterocycles. The first kappa shape index (κ1) is 27.8. The first-order valence-corrected chi connectivity index (χ1v) is 16.8. The van der Waals surface area contributed by atoms with Crippen molar-refractivity contribution in [3.8, 4) is 0 Å². The summed E-state index contributed by atoms with van der Waals surface area (Å²) >= 11 is 0. The molecule has 0 aromatic heterocycles. The monoisotopic (exact) mass is 434 g/mol. The number of aliphatic hydroxyl groups excluding tert-OH is 1. The number of carbonyl (C=O) groups is 1. The summed E-state index contributed by atoms with van der Waals surface area (Å²) in [5.41, 5.74) is -0.608. The topological polar surface area (TPSA) is 65.0 Å². The minimum Gasteiger partial charge on any atom is -0.466 e. The van der Waals surface area contributed by atoms with Gasteiger partial charge in [-0.05, 0) is 58.0 Å². The fourth-order valence-corrected chi connectivity index (χ4v) is 5.22. The zero-order valence-electron chi connectivity index (χ0n) is 20.4. The van der Waals surface area contributed by atoms with Gasteiger partial charge in [0.15, 0.2) is 16.6 Å². The number of carbonyl (C=O) groups excluding carboxylic acids is 1. The third-order valence-corrected chi connectivity index (χ3v) is 11.4. The van der Waals surface area contributed by atoms with Crippen molar-refractivity contribution in [1.82, 2.24) is 0 Å². The molecule has 168 valence electrons. The molecule has 28 heavy (non-hydrogen) atoms. The highest BCUT2D eigenvalue weighted by Gasteiger charge is 2.44. The summed E-state index contributed by atoms with van der Waals surface area (Å²) in [5, 5.41) is 11.1. The van der Waals surface area contributed by atoms with Gasteiger partial charge < -0.3 is 18.7 Å². The van der Waals surface area contributed by atoms with Gasteiger partial charge in [0, 0.05) is 12.0 Å². The van der Waals surface area contributed by atoms with Crippen LogP contribution < -0.4 is 0 Å². The van der Waals surface area contributed by atoms with Gasteiger partial charge in [0.2, 0.25) is 0 Å². The van der Waals surface area contributed by atoms with E-state index in [2.05, 4.69) is 53.5 Å². The number of ether oxygens (including phenoxy) is 1. The van der Waals surface area contributed by atoms with E-state index in [1.54, 1.807) is 13.8 Å². The highest BCUT2D eigenvalue weighted by Crippen LogP contribution is 2.38. The summed E-state index contributed by atoms with van der Waals surface area (Å²) in [5.74, 6) is -0.976. The predicted octanol–water partition coefficient (Wildman–Crippen LogP) is 5.20. The molecule has 0 fully saturated rings. The van der Waals surface area contributed by atoms with Gasteiger partial charge in [-0.1, -0.05) is 34.6 Å². The molecule has 0 saturated carbocycles. The van der Waals surface area contributed by atoms with Crippen LogP contribution in [0.5, 0.6) is 0 Å². The number of aliphatic hydroxyl groups is 1. The Bertz CT molecular complexity index is 492. The Morgan fingerprint density at radius 3 is 1.93 bits per heavy atom. The molecule has 0 spiro atoms. The van der Waals surface area contributed by atoms with Gasteiger partial charge in [0.25, 0.3) is 0 Å². The van der Waals surface area contributed by atoms with Gasteiger partial charge in [0.1, 0.15) is 0 Å². The summed E-state index contributed by atoms with van der Waals surface area (Å²) in [7, 11) is -3.71. The zero-order valence-corrected chi connectivity index (χ0v) is 22.4. The van der Waals surface area contributed by atoms with E-state index in [0.29, 0.717) is 19.6 Å². The van der Waals surface area contributed by atoms with Crippen LogP contribution in [0.4, 0.5) is 0 Å². The molecule has 0 aliphatic rings. The van der Waals surface area contributed by atoms with Crippen LogP contribution in [0.2, 0.25) is 37.8 Å². The molecule has 0 aromatic rings. The minimum atomic E-state index is -1.86. The van der Waals surface area contributed by atoms with Gasteiger partial charge >= 0.3 is 5.97 Å². The van der Waals surface area contributed by atoms with Gasteiger partial charge in [-0.2, -0.15) is 0 Å². The molecular formula is C21H46O5Si2. The molecule has 0 amide bonds. The highest BCUT2D eigenvalue weighted by atomic mass is 28.4. The van der Waals surface area contributed by atoms with Crippen molar-refractivity contribution < 1.29 is 23.5 Å². The van der Waals surface area contributed by atoms with E-state index in [1.807, 2.05) is 13.8 Å². The minimum absolute atomic E-state index is 0.148. The second kappa shape index (κ2) is 10.2. The second-order valence-electron chi connectivity index (χ2n) is 10.9. The molecule has 7 heteroatoms. The molecule has 1 N–H and O–H groups in total. The lowest BCUT2D eigenvalue weighted by atomic mass is 9.75. The molecular weight excluding hydrogens is 388 g/mol. The van der Waals surface area contributed by atoms with Crippen LogP contribution in [0.1, 0.15) is 54.9 Å². The normalized spacial score (nSPS) is 17.2. The van der Waals surface area contributed by atoms with E-state index in [-0.39, 0.29) is 17.1 Å². The van der Waals surface area contributed by atoms with E-state index < -0.39 is 34.1 Å². The van der Waals surface area contributed by atoms with Crippen molar-refractivity contribution in [2.24, 2.45) is 11.3 Å². The van der Waals surface area contributed by atoms with E-state index in [4.69, 9.17) is 13.6 Å². The molecule has 0 saturated heterocycles. The van der Waals surface area contributed by atoms with Crippen molar-refractivity contribution >= 4 is 22.6 Å². The lowest BCUT2D eigenvalue weighted by molar-refractivity contribution is -0.157. The first-order valence-electron chi connectivity index (χ1n) is 10.5. The van der Waals surface area contributed by atoms with Crippen molar-refractivity contribution in [2.45, 2.75) is 105 Å². The van der Waals surface area contributed by atoms with E-state index >= 15 is 0 Å². The smallest absolute Gasteiger partial charge is 0.311 e. The van der Waals surface area contributed by atoms with E-state index in [0.717, 1.165) is 0 Å². The lowest BCUT2D eigenvalue weighted by Gasteiger charge is -2.43. The van der Waals surface area contributed by atoms with Gasteiger partial charge in [-0.3, -0.25) is 4.79 Å². The van der Waals surface area contributed by atoms with Crippen LogP contribution in [0, 0.1) is 11.3 Å². The van der Waals surface area contributed by atoms with Gasteiger partial charge in [-0.25, -0.2) is 0 Å². The maximum Gasteiger partial charge on any atom is 0.311 e. The third-order valence-electron chi connectivity index (χ3n) is 5.87. The average molecular weight is 435 g/mol. The standard InChI is InChI=1S/C21H46O5Si2/c1-13-24-19(23)16(2)18(22)21(6,7)17(26-27(8,9)10)14-15-25-28(11,12)20(3,4)5/h16-18,22H,13-15H2,1-12H3/t16-,17+,18+/m1/s1. The van der Waals surface area contributed by atoms with Gasteiger partial charge in [0.05, 0.1) is 24.7 Å². The fourth-order valence-electron chi connectivity index (χ4n) is 2.88. The van der Waals surface area contributed by atoms with Crippen LogP contribution >= 0.6 is 0 Å². The van der Waals surface area contributed by atoms with Crippen LogP contribution in [0.25, 0.3) is 0 Å². The van der Waals surface area contributed by atoms with E-state index in [9.17, 15) is 9.90 Å². The zero-order chi connectivity index (χ0) is 22.6. The van der Waals surface area contributed by atoms with Crippen LogP contribution in [-0.2, 0) is 18.4 Å². The Labute approximate surface area is 175 Å². The summed E-state index contributed by atoms with van der Waals surface area (Å²) in [4.78, 5) is 12.2. The quantitative estimate of drug-likeness (QED) is 0.357. The van der Waals surface area contributed by atoms with Crippen molar-refractivity contribution in [2.75, 3.05) is 13.2 Å². The van der Waals surface area contributed by atoms with Crippen LogP contribution in [0.3, 0.4) is 0 Å². The number of esters is 1. The molecule has 0 unspecified atom stereocenters. The Morgan fingerprint density at radius 1 is 1.04 bits per heavy atom. The first-order chi connectivity index (χ1) is 12.4. The second-order valence-corrected chi connectivity index (χ2v) is 20.2. The van der Waals surface area contributed by atoms with Crippen molar-refractivity contribution in [1.29, 1.82) is 0 Å². The number of hydrogen-bond acceptors (Lipinski definition) is 5. The Morgan fingerprint density at radius 2 is 1.54 bits per heavy atom. The predicted molar refractivity (Wildman–Crippen MR) is 122 cm³/mol. The van der Waals surface area contributed by atoms with E-state index in [1.165, 1.54) is 0 Å². The molecule has 0 aromatic carbocycles. The van der Waals surface area contributed by atoms with Crippen LogP contribution in [-0.4, -0.2) is 53.1 Å². The third kappa shape index (κ3) is 8.26. The Balaban J connectivity index is 5.39. The molecule has 5 nitrogen and oxygen atoms in total. The maximum atomic E-state index is 12.2. The summed E-state index contributed by atoms with van der Waals surface area (Å²) in [6.45, 7) is 26.0. The highest BCUT2D eigenvalue weighted by molar-refractivity contribution is 6.74. The molecule has 0 aliphatic carbocycles. The maximum absolute atomic E-state index is 12.2. The SMILES string of the molecule is CCOC(=O)[C@H](C)[C@H](O)C(C)(C)[C@H](CCO[Si](C)(C)C(C)(C)C)O[Si](C)(C)C. The molecule has 0 heterocycles. The van der Waals surface area contributed by atoms with Crippen molar-refractivity contribution in [3.63, 3.8) is 0 Å². The molecule has 3 atom stereocenters.